The summed E-state index contributed by atoms with van der Waals surface area (Å²) in [6, 6.07) is 0. The van der Waals surface area contributed by atoms with E-state index >= 15 is 0 Å². The summed E-state index contributed by atoms with van der Waals surface area (Å²) in [6.07, 6.45) is 16.1. The summed E-state index contributed by atoms with van der Waals surface area (Å²) in [5.41, 5.74) is 0.263. The van der Waals surface area contributed by atoms with Gasteiger partial charge in [0.1, 0.15) is 84.1 Å². The molecule has 39 atom stereocenters. The predicted octanol–water partition coefficient (Wildman–Crippen LogP) is 10.4. The van der Waals surface area contributed by atoms with Gasteiger partial charge in [0, 0.05) is 103 Å². The zero-order valence-corrected chi connectivity index (χ0v) is 75.7. The molecule has 0 radical (unpaired) electrons. The van der Waals surface area contributed by atoms with Crippen molar-refractivity contribution in [2.24, 2.45) is 47.3 Å². The Balaban J connectivity index is 0.000000212. The van der Waals surface area contributed by atoms with Gasteiger partial charge in [0.25, 0.3) is 0 Å². The maximum Gasteiger partial charge on any atom is 0.316 e. The molecule has 12 aliphatic heterocycles. The fourth-order valence-corrected chi connectivity index (χ4v) is 21.0. The molecule has 0 saturated carbocycles. The largest absolute Gasteiger partial charge is 0.462 e. The highest BCUT2D eigenvalue weighted by atomic mass is 16.8. The van der Waals surface area contributed by atoms with Crippen molar-refractivity contribution in [1.82, 2.24) is 0 Å². The standard InChI is InChI=1S/C48H72O14.C47H70O14/c1-11-25(2)43-28(5)17-18-47(62-43)23-34-20-33(61-47)16-15-27(4)42(26(3)13-12-14-32-24-55-45-40(49)29(6)19-35(46(51)58-34)48(32,45)52)59-39-22-37(54-10)44(31(8)57-39)60-38-21-36(53-9)41(50)30(7)56-38;1-24(2)41-27(5)16-17-46(61-41)22-33-19-32(60-46)15-14-26(4)42(25(3)12-11-13-31-23-54-44-39(48)28(6)18-34(45(50)57-33)47(31,44)51)58-38-21-36(53-10)43(30(8)56-38)59-37-20-35(52-9)40(49)29(7)55-37/h12-15,17-19,25-26,28,30-31,33-45,49-50,52H,11,16,20-24H2,1-10H3;11-14,16-18,24-25,27,29-30,32-44,48-49,51H,15,19-23H2,1-10H3/b13-12+,27-15+,32-14+;12-11+,26-14+,31-13+/t25-,26-,28-,30-,31-,33+,34-,35?,36-,37-,38-,39-,40+,41-,42?,43+,44?,45+,47+,48+;25-,27-,29-,30-,32+,33-,34?,35-,36-,37-,38-,39+,40-,41+,42?,43?,44+,46+,47+/m00/s1. The molecule has 14 aliphatic rings. The van der Waals surface area contributed by atoms with Crippen LogP contribution in [0, 0.1) is 47.3 Å². The van der Waals surface area contributed by atoms with E-state index in [1.165, 1.54) is 0 Å². The molecule has 14 rings (SSSR count). The molecule has 0 aromatic heterocycles. The minimum atomic E-state index is -1.84. The van der Waals surface area contributed by atoms with E-state index in [2.05, 4.69) is 79.7 Å². The third-order valence-electron chi connectivity index (χ3n) is 28.5. The van der Waals surface area contributed by atoms with Gasteiger partial charge in [0.15, 0.2) is 36.7 Å². The van der Waals surface area contributed by atoms with E-state index in [-0.39, 0.29) is 85.3 Å². The van der Waals surface area contributed by atoms with Crippen LogP contribution in [-0.4, -0.2) is 279 Å². The first-order valence-electron chi connectivity index (χ1n) is 45.2. The molecule has 28 nitrogen and oxygen atoms in total. The molecule has 2 aliphatic carbocycles. The Morgan fingerprint density at radius 3 is 1.22 bits per heavy atom. The van der Waals surface area contributed by atoms with E-state index in [9.17, 15) is 40.2 Å². The number of carbonyl (C=O) groups excluding carboxylic acids is 2. The van der Waals surface area contributed by atoms with Crippen molar-refractivity contribution in [3.8, 4) is 0 Å². The number of aliphatic hydroxyl groups excluding tert-OH is 4. The van der Waals surface area contributed by atoms with Crippen LogP contribution in [0.15, 0.2) is 119 Å². The number of hydrogen-bond donors (Lipinski definition) is 6. The van der Waals surface area contributed by atoms with Crippen LogP contribution >= 0.6 is 0 Å². The molecule has 0 aromatic rings. The van der Waals surface area contributed by atoms with Crippen molar-refractivity contribution in [3.05, 3.63) is 119 Å². The first kappa shape index (κ1) is 95.9. The summed E-state index contributed by atoms with van der Waals surface area (Å²) in [6.45, 7) is 32.1. The summed E-state index contributed by atoms with van der Waals surface area (Å²) in [5.74, 6) is -5.18. The summed E-state index contributed by atoms with van der Waals surface area (Å²) in [4.78, 5) is 28.6. The minimum absolute atomic E-state index is 0.0313. The fourth-order valence-electron chi connectivity index (χ4n) is 21.0. The van der Waals surface area contributed by atoms with Gasteiger partial charge >= 0.3 is 11.9 Å². The van der Waals surface area contributed by atoms with Crippen LogP contribution in [0.1, 0.15) is 181 Å². The lowest BCUT2D eigenvalue weighted by molar-refractivity contribution is -0.318. The summed E-state index contributed by atoms with van der Waals surface area (Å²) in [5, 5.41) is 68.4. The van der Waals surface area contributed by atoms with Gasteiger partial charge in [-0.05, 0) is 126 Å². The van der Waals surface area contributed by atoms with Gasteiger partial charge in [-0.15, -0.1) is 0 Å². The predicted molar refractivity (Wildman–Crippen MR) is 450 cm³/mol. The summed E-state index contributed by atoms with van der Waals surface area (Å²) < 4.78 is 127. The van der Waals surface area contributed by atoms with Crippen LogP contribution in [0.2, 0.25) is 0 Å². The van der Waals surface area contributed by atoms with E-state index in [4.69, 9.17) is 94.7 Å². The van der Waals surface area contributed by atoms with Gasteiger partial charge in [-0.3, -0.25) is 9.59 Å². The topological polar surface area (TPSA) is 340 Å². The molecule has 6 N–H and O–H groups in total. The maximum atomic E-state index is 14.3. The number of esters is 2. The van der Waals surface area contributed by atoms with Crippen molar-refractivity contribution in [3.63, 3.8) is 0 Å². The summed E-state index contributed by atoms with van der Waals surface area (Å²) in [7, 11) is 6.44. The van der Waals surface area contributed by atoms with E-state index in [1.807, 2.05) is 64.2 Å². The van der Waals surface area contributed by atoms with E-state index < -0.39 is 182 Å². The quantitative estimate of drug-likeness (QED) is 0.0655. The minimum Gasteiger partial charge on any atom is -0.462 e. The zero-order chi connectivity index (χ0) is 88.6. The van der Waals surface area contributed by atoms with Crippen LogP contribution in [-0.2, 0) is 104 Å². The van der Waals surface area contributed by atoms with Gasteiger partial charge < -0.3 is 125 Å². The van der Waals surface area contributed by atoms with Crippen molar-refractivity contribution in [2.75, 3.05) is 41.7 Å². The number of fused-ring (bicyclic) bond motifs is 4. The second kappa shape index (κ2) is 40.4. The molecule has 6 unspecified atom stereocenters. The van der Waals surface area contributed by atoms with Gasteiger partial charge in [-0.25, -0.2) is 0 Å². The molecular formula is C95H142O28. The Hall–Kier alpha value is -4.62. The highest BCUT2D eigenvalue weighted by molar-refractivity contribution is 5.79. The van der Waals surface area contributed by atoms with Gasteiger partial charge in [0.05, 0.1) is 98.7 Å². The second-order valence-electron chi connectivity index (χ2n) is 37.8. The number of aliphatic hydroxyl groups is 6. The lowest BCUT2D eigenvalue weighted by Crippen LogP contribution is -2.58. The molecule has 0 aromatic carbocycles. The Kier molecular flexibility index (Phi) is 31.5. The molecule has 123 heavy (non-hydrogen) atoms. The van der Waals surface area contributed by atoms with Crippen LogP contribution in [0.4, 0.5) is 0 Å². The highest BCUT2D eigenvalue weighted by Gasteiger charge is 2.63. The molecule has 8 saturated heterocycles. The molecule has 2 spiro atoms. The lowest BCUT2D eigenvalue weighted by atomic mass is 9.71. The van der Waals surface area contributed by atoms with E-state index in [1.54, 1.807) is 80.4 Å². The van der Waals surface area contributed by atoms with Crippen molar-refractivity contribution in [1.29, 1.82) is 0 Å². The number of methoxy groups -OCH3 is 4. The van der Waals surface area contributed by atoms with Crippen LogP contribution in [0.5, 0.6) is 0 Å². The number of hydrogen-bond acceptors (Lipinski definition) is 28. The number of rotatable bonds is 15. The number of carbonyl (C=O) groups is 2. The first-order valence-corrected chi connectivity index (χ1v) is 45.2. The number of ether oxygens (including phenoxy) is 20. The third kappa shape index (κ3) is 20.6. The van der Waals surface area contributed by atoms with E-state index in [0.29, 0.717) is 86.5 Å². The van der Waals surface area contributed by atoms with Gasteiger partial charge in [-0.2, -0.15) is 0 Å². The lowest BCUT2D eigenvalue weighted by Gasteiger charge is -2.48. The highest BCUT2D eigenvalue weighted by Crippen LogP contribution is 2.51. The monoisotopic (exact) mass is 1730 g/mol. The van der Waals surface area contributed by atoms with Crippen molar-refractivity contribution >= 4 is 11.9 Å². The van der Waals surface area contributed by atoms with Crippen LogP contribution < -0.4 is 0 Å². The normalized spacial score (nSPS) is 49.2. The molecule has 690 valence electrons. The Bertz CT molecular complexity index is 3920. The van der Waals surface area contributed by atoms with Crippen LogP contribution in [0.25, 0.3) is 0 Å². The average Bonchev–Trinajstić information content (AvgIpc) is 1.64. The van der Waals surface area contributed by atoms with Gasteiger partial charge in [-0.1, -0.05) is 135 Å². The van der Waals surface area contributed by atoms with Crippen LogP contribution in [0.3, 0.4) is 0 Å². The van der Waals surface area contributed by atoms with Crippen molar-refractivity contribution < 1.29 is 135 Å². The number of allylic oxidation sites excluding steroid dienone is 4. The zero-order valence-electron chi connectivity index (χ0n) is 75.7. The summed E-state index contributed by atoms with van der Waals surface area (Å²) >= 11 is 0. The molecule has 28 heteroatoms. The molecule has 0 amide bonds. The second-order valence-corrected chi connectivity index (χ2v) is 37.8. The first-order chi connectivity index (χ1) is 58.5. The maximum absolute atomic E-state index is 14.3. The Labute approximate surface area is 726 Å². The Morgan fingerprint density at radius 1 is 0.455 bits per heavy atom. The average molecular weight is 1730 g/mol. The van der Waals surface area contributed by atoms with E-state index in [0.717, 1.165) is 17.6 Å². The fraction of sp³-hybridized carbons (Fsp3) is 0.768. The third-order valence-corrected chi connectivity index (χ3v) is 28.5. The van der Waals surface area contributed by atoms with Gasteiger partial charge in [0.2, 0.25) is 0 Å². The molecule has 4 bridgehead atoms. The smallest absolute Gasteiger partial charge is 0.316 e. The Morgan fingerprint density at radius 2 is 0.829 bits per heavy atom. The molecule has 8 fully saturated rings. The SMILES string of the molecule is CC[C@H](C)[C@H]1O[C@]2(C=C[C@@H]1C)C[C@@H]1C[C@@H](C/C=C(\C)C(O[C@H]3C[C@H](OC)C(O[C@H]4C[C@H](OC)[C@@H](O)[C@H](C)O4)[C@H](C)O3)[C@@H](C)/C=C/C=C3\CO[C@@H]4[C@H](O)C(C)=CC(C(=O)O1)[C@]34O)O2.CO[C@H]1C[C@H](OC2/C(C)=C/C[C@@H]3C[C@@H](C[C@]4(C=C[C@H](C)[C@@H](C(C)C)O4)O3)OC(=O)C3C=C(C)[C@@H](O)[C@H]4OC/C(=C\C=C\[C@@H]2C)[C@@]34O)O[C@@H](C)C1O[C@H]1C[C@H](OC)[C@@H](O)[C@H](C)O1. The molecular weight excluding hydrogens is 1590 g/mol. The molecule has 12 heterocycles. The van der Waals surface area contributed by atoms with Crippen molar-refractivity contribution in [2.45, 2.75) is 376 Å².